The first-order valence-electron chi connectivity index (χ1n) is 51.0. The minimum atomic E-state index is -1.15. The number of thiazole rings is 3. The van der Waals surface area contributed by atoms with Gasteiger partial charge in [-0.1, -0.05) is 77.6 Å². The SMILES string of the molecule is CCOC(=O)[C@@H](OC(C)(C)C)c1c(C)cc2nc(-c3ccc4c(c3)c(C3CCN(C5CCC5)CC3)nn4C)sc2c1-c1ccc(Cl)cc1.CCOC(=O)[C@@H](OC(C)(C)C)c1c(C)cc2nc(-c3ccc4c(c3)c(C3CCN(C5CN(C)C5)CC3)nn4C)sc2c1-c1ccc(Cl)cc1.Cc1cc2nc(-c3ccc4c(c3)c(C3CCN(C5CN(C)C5)CC3)nn4C)sc2c(-c2ccc(Cl)cc2)c1[C@H](OC(C)(C)C)C(=O)O. The van der Waals surface area contributed by atoms with Crippen molar-refractivity contribution in [3.8, 4) is 65.1 Å². The Bertz CT molecular complexity index is 7290. The summed E-state index contributed by atoms with van der Waals surface area (Å²) in [6.45, 7) is 39.0. The molecule has 6 aromatic heterocycles. The fourth-order valence-corrected chi connectivity index (χ4v) is 26.0. The van der Waals surface area contributed by atoms with Crippen molar-refractivity contribution in [2.24, 2.45) is 21.1 Å². The summed E-state index contributed by atoms with van der Waals surface area (Å²) in [6, 6.07) is 51.2. The minimum Gasteiger partial charge on any atom is -0.479 e. The number of piperidine rings is 3. The van der Waals surface area contributed by atoms with Crippen molar-refractivity contribution in [1.82, 2.24) is 68.8 Å². The fourth-order valence-electron chi connectivity index (χ4n) is 22.2. The molecule has 6 aliphatic rings. The highest BCUT2D eigenvalue weighted by atomic mass is 35.5. The Morgan fingerprint density at radius 1 is 0.382 bits per heavy atom. The molecule has 0 bridgehead atoms. The number of nitrogens with zero attached hydrogens (tertiary/aromatic N) is 14. The number of carbonyl (C=O) groups excluding carboxylic acids is 2. The number of carbonyl (C=O) groups is 3. The molecule has 1 N–H and O–H groups in total. The largest absolute Gasteiger partial charge is 0.479 e. The molecule has 5 saturated heterocycles. The van der Waals surface area contributed by atoms with Crippen LogP contribution in [0.2, 0.25) is 15.1 Å². The van der Waals surface area contributed by atoms with Gasteiger partial charge in [-0.25, -0.2) is 29.3 Å². The molecule has 3 atom stereocenters. The Morgan fingerprint density at radius 2 is 0.653 bits per heavy atom. The quantitative estimate of drug-likeness (QED) is 0.0587. The predicted octanol–water partition coefficient (Wildman–Crippen LogP) is 25.9. The molecular formula is C115H133Cl3N14O9S3. The number of likely N-dealkylation sites (tertiary alicyclic amines) is 5. The molecule has 0 radical (unpaired) electrons. The van der Waals surface area contributed by atoms with Gasteiger partial charge in [0.15, 0.2) is 18.3 Å². The summed E-state index contributed by atoms with van der Waals surface area (Å²) in [5, 5.41) is 33.9. The number of benzene rings is 9. The van der Waals surface area contributed by atoms with Crippen molar-refractivity contribution < 1.29 is 43.2 Å². The molecule has 1 saturated carbocycles. The summed E-state index contributed by atoms with van der Waals surface area (Å²) in [5.41, 5.74) is 21.2. The maximum Gasteiger partial charge on any atom is 0.339 e. The molecule has 15 aromatic rings. The smallest absolute Gasteiger partial charge is 0.339 e. The van der Waals surface area contributed by atoms with Crippen LogP contribution in [0.15, 0.2) is 146 Å². The fraction of sp³-hybridized carbons (Fsp3) is 0.452. The Kier molecular flexibility index (Phi) is 29.9. The van der Waals surface area contributed by atoms with Gasteiger partial charge in [0.25, 0.3) is 0 Å². The lowest BCUT2D eigenvalue weighted by atomic mass is 9.86. The van der Waals surface area contributed by atoms with Gasteiger partial charge >= 0.3 is 17.9 Å². The average Bonchev–Trinajstić information content (AvgIpc) is 1.56. The van der Waals surface area contributed by atoms with Crippen LogP contribution < -0.4 is 0 Å². The number of carboxylic acids is 1. The van der Waals surface area contributed by atoms with E-state index in [1.54, 1.807) is 34.0 Å². The third kappa shape index (κ3) is 21.6. The lowest BCUT2D eigenvalue weighted by Crippen LogP contribution is -2.59. The predicted molar refractivity (Wildman–Crippen MR) is 586 cm³/mol. The van der Waals surface area contributed by atoms with E-state index >= 15 is 0 Å². The Balaban J connectivity index is 0.000000137. The average molecular weight is 2060 g/mol. The molecule has 23 nitrogen and oxygen atoms in total. The van der Waals surface area contributed by atoms with E-state index in [-0.39, 0.29) is 13.2 Å². The van der Waals surface area contributed by atoms with Gasteiger partial charge in [0.2, 0.25) is 0 Å². The third-order valence-electron chi connectivity index (χ3n) is 29.4. The Morgan fingerprint density at radius 3 is 0.910 bits per heavy atom. The molecule has 0 unspecified atom stereocenters. The second-order valence-electron chi connectivity index (χ2n) is 43.2. The van der Waals surface area contributed by atoms with E-state index in [1.807, 2.05) is 204 Å². The number of halogens is 3. The van der Waals surface area contributed by atoms with Crippen LogP contribution in [0.4, 0.5) is 0 Å². The Hall–Kier alpha value is -9.98. The number of aliphatic carboxylic acids is 1. The number of carboxylic acid groups (broad SMARTS) is 1. The van der Waals surface area contributed by atoms with Gasteiger partial charge in [0.1, 0.15) is 15.0 Å². The van der Waals surface area contributed by atoms with Crippen LogP contribution in [0.25, 0.3) is 128 Å². The zero-order valence-corrected chi connectivity index (χ0v) is 91.0. The van der Waals surface area contributed by atoms with Crippen LogP contribution in [0.5, 0.6) is 0 Å². The summed E-state index contributed by atoms with van der Waals surface area (Å²) < 4.78 is 39.3. The van der Waals surface area contributed by atoms with E-state index < -0.39 is 53.0 Å². The van der Waals surface area contributed by atoms with Gasteiger partial charge in [-0.2, -0.15) is 15.3 Å². The van der Waals surface area contributed by atoms with E-state index in [0.717, 1.165) is 224 Å². The van der Waals surface area contributed by atoms with Crippen molar-refractivity contribution in [3.05, 3.63) is 211 Å². The minimum absolute atomic E-state index is 0.265. The van der Waals surface area contributed by atoms with Crippen molar-refractivity contribution in [3.63, 3.8) is 0 Å². The number of ether oxygens (including phenoxy) is 5. The standard InChI is InChI=1S/C39H46ClN5O3S.C39H45ClN4O3S.C37H42ClN5O3S/c1-8-47-38(46)35(48-39(3,4)5)32-23(2)19-30-36(33(32)24-9-12-27(40)13-10-24)49-37(41-30)26-11-14-31-29(20-26)34(42-44(31)7)25-15-17-45(18-16-25)28-21-43(6)22-28;1-7-46-38(45)35(47-39(3,4)5)32-23(2)21-30-36(33(32)24-11-14-27(40)15-12-24)48-37(41-30)26-13-16-31-29(22-26)34(42-43(31)6)25-17-19-44(20-18-25)28-9-8-10-28;1-21-17-28-34(31(22-7-10-25(38)11-8-22)30(21)33(36(44)45)46-37(2,3)4)47-35(39-28)24-9-12-29-27(18-24)32(40-42(29)6)23-13-15-43(16-14-23)26-19-41(5)20-26/h9-14,19-20,25,28,35H,8,15-18,21-22H2,1-7H3;11-16,21-22,25,28,35H,7-10,17-20H2,1-6H3;7-12,17-18,23,26,33H,13-16,19-20H2,1-6H3,(H,44,45)/t2*35-;33-/m000/s1. The molecule has 11 heterocycles. The van der Waals surface area contributed by atoms with Crippen LogP contribution >= 0.6 is 68.8 Å². The topological polar surface area (TPSA) is 226 Å². The summed E-state index contributed by atoms with van der Waals surface area (Å²) in [7, 11) is 10.5. The van der Waals surface area contributed by atoms with Gasteiger partial charge in [0, 0.05) is 164 Å². The summed E-state index contributed by atoms with van der Waals surface area (Å²) in [5.74, 6) is -0.505. The van der Waals surface area contributed by atoms with E-state index in [1.165, 1.54) is 78.7 Å². The number of hydrogen-bond donors (Lipinski definition) is 1. The van der Waals surface area contributed by atoms with Gasteiger partial charge in [-0.05, 0) is 344 Å². The van der Waals surface area contributed by atoms with Crippen LogP contribution in [-0.2, 0) is 59.2 Å². The van der Waals surface area contributed by atoms with Crippen LogP contribution in [-0.4, -0.2) is 219 Å². The number of esters is 2. The van der Waals surface area contributed by atoms with Crippen LogP contribution in [0.1, 0.15) is 220 Å². The number of likely N-dealkylation sites (N-methyl/N-ethyl adjacent to an activating group) is 2. The van der Waals surface area contributed by atoms with E-state index in [0.29, 0.717) is 50.5 Å². The molecule has 6 fully saturated rings. The molecule has 0 amide bonds. The second kappa shape index (κ2) is 42.0. The molecule has 756 valence electrons. The first-order valence-corrected chi connectivity index (χ1v) is 54.5. The highest BCUT2D eigenvalue weighted by Gasteiger charge is 2.42. The monoisotopic (exact) mass is 2050 g/mol. The molecule has 29 heteroatoms. The first-order chi connectivity index (χ1) is 68.8. The van der Waals surface area contributed by atoms with Crippen LogP contribution in [0.3, 0.4) is 0 Å². The number of fused-ring (bicyclic) bond motifs is 6. The van der Waals surface area contributed by atoms with Crippen molar-refractivity contribution >= 4 is 150 Å². The Labute approximate surface area is 871 Å². The normalized spacial score (nSPS) is 17.5. The molecule has 21 rings (SSSR count). The lowest BCUT2D eigenvalue weighted by Gasteiger charge is -2.46. The van der Waals surface area contributed by atoms with Crippen molar-refractivity contribution in [2.75, 3.05) is 92.8 Å². The van der Waals surface area contributed by atoms with Gasteiger partial charge < -0.3 is 43.5 Å². The first kappa shape index (κ1) is 103. The van der Waals surface area contributed by atoms with Crippen LogP contribution in [0, 0.1) is 20.8 Å². The van der Waals surface area contributed by atoms with E-state index in [9.17, 15) is 19.5 Å². The van der Waals surface area contributed by atoms with Gasteiger partial charge in [0.05, 0.1) is 94.3 Å². The molecule has 9 aromatic carbocycles. The highest BCUT2D eigenvalue weighted by Crippen LogP contribution is 2.52. The third-order valence-corrected chi connectivity index (χ3v) is 33.6. The molecule has 5 aliphatic heterocycles. The molecule has 0 spiro atoms. The molecule has 144 heavy (non-hydrogen) atoms. The molecular weight excluding hydrogens is 1920 g/mol. The summed E-state index contributed by atoms with van der Waals surface area (Å²) in [4.78, 5) is 68.2. The maximum absolute atomic E-state index is 13.6. The summed E-state index contributed by atoms with van der Waals surface area (Å²) in [6.07, 6.45) is 7.92. The number of aromatic nitrogens is 9. The summed E-state index contributed by atoms with van der Waals surface area (Å²) >= 11 is 23.8. The van der Waals surface area contributed by atoms with Crippen molar-refractivity contribution in [1.29, 1.82) is 0 Å². The van der Waals surface area contributed by atoms with Crippen molar-refractivity contribution in [2.45, 2.75) is 226 Å². The zero-order valence-electron chi connectivity index (χ0n) is 86.2. The number of hydrogen-bond acceptors (Lipinski definition) is 22. The van der Waals surface area contributed by atoms with Gasteiger partial charge in [-0.15, -0.1) is 34.0 Å². The maximum atomic E-state index is 13.6. The number of rotatable bonds is 23. The number of aryl methyl sites for hydroxylation is 6. The lowest BCUT2D eigenvalue weighted by molar-refractivity contribution is -0.167. The zero-order chi connectivity index (χ0) is 102. The van der Waals surface area contributed by atoms with Gasteiger partial charge in [-0.3, -0.25) is 23.8 Å². The van der Waals surface area contributed by atoms with E-state index in [2.05, 4.69) is 112 Å². The molecule has 1 aliphatic carbocycles. The van der Waals surface area contributed by atoms with E-state index in [4.69, 9.17) is 88.7 Å². The second-order valence-corrected chi connectivity index (χ2v) is 47.5. The highest BCUT2D eigenvalue weighted by molar-refractivity contribution is 7.23.